The maximum atomic E-state index is 11.4. The van der Waals surface area contributed by atoms with E-state index in [0.29, 0.717) is 11.3 Å². The van der Waals surface area contributed by atoms with Crippen molar-refractivity contribution in [3.05, 3.63) is 47.8 Å². The first kappa shape index (κ1) is 11.8. The Morgan fingerprint density at radius 1 is 1.33 bits per heavy atom. The monoisotopic (exact) mass is 246 g/mol. The van der Waals surface area contributed by atoms with Gasteiger partial charge in [-0.05, 0) is 18.2 Å². The van der Waals surface area contributed by atoms with Crippen molar-refractivity contribution in [2.24, 2.45) is 0 Å². The molecule has 18 heavy (non-hydrogen) atoms. The second-order valence-corrected chi connectivity index (χ2v) is 3.52. The van der Waals surface area contributed by atoms with Crippen LogP contribution in [0.25, 0.3) is 5.69 Å². The number of hydrogen-bond donors (Lipinski definition) is 1. The van der Waals surface area contributed by atoms with Crippen LogP contribution in [0, 0.1) is 0 Å². The standard InChI is InChI=1S/C12H10N2O4/c1-18-12(17)8-3-2-4-10(5-8)14-7-9(6-13-14)11(15)16/h2-7H,1H3,(H,15,16). The van der Waals surface area contributed by atoms with Crippen molar-refractivity contribution >= 4 is 11.9 Å². The van der Waals surface area contributed by atoms with Crippen LogP contribution in [-0.2, 0) is 4.74 Å². The molecule has 1 aromatic heterocycles. The summed E-state index contributed by atoms with van der Waals surface area (Å²) in [4.78, 5) is 22.1. The number of benzene rings is 1. The Hall–Kier alpha value is -2.63. The molecule has 0 radical (unpaired) electrons. The van der Waals surface area contributed by atoms with Crippen molar-refractivity contribution in [2.45, 2.75) is 0 Å². The van der Waals surface area contributed by atoms with E-state index in [1.165, 1.54) is 24.2 Å². The minimum absolute atomic E-state index is 0.0819. The fraction of sp³-hybridized carbons (Fsp3) is 0.0833. The zero-order valence-electron chi connectivity index (χ0n) is 9.53. The lowest BCUT2D eigenvalue weighted by Gasteiger charge is -2.03. The van der Waals surface area contributed by atoms with Crippen molar-refractivity contribution in [1.29, 1.82) is 0 Å². The molecule has 0 saturated carbocycles. The summed E-state index contributed by atoms with van der Waals surface area (Å²) in [6.07, 6.45) is 2.62. The van der Waals surface area contributed by atoms with Gasteiger partial charge in [0.1, 0.15) is 0 Å². The molecule has 0 saturated heterocycles. The second kappa shape index (κ2) is 4.70. The first-order valence-corrected chi connectivity index (χ1v) is 5.08. The number of aromatic carboxylic acids is 1. The first-order valence-electron chi connectivity index (χ1n) is 5.08. The maximum absolute atomic E-state index is 11.4. The molecule has 2 rings (SSSR count). The molecule has 0 spiro atoms. The Balaban J connectivity index is 2.38. The van der Waals surface area contributed by atoms with Gasteiger partial charge in [0.15, 0.2) is 0 Å². The molecule has 1 N–H and O–H groups in total. The molecule has 0 atom stereocenters. The van der Waals surface area contributed by atoms with Crippen LogP contribution in [0.4, 0.5) is 0 Å². The van der Waals surface area contributed by atoms with E-state index in [1.807, 2.05) is 0 Å². The van der Waals surface area contributed by atoms with Crippen molar-refractivity contribution in [1.82, 2.24) is 9.78 Å². The maximum Gasteiger partial charge on any atom is 0.338 e. The Bertz CT molecular complexity index is 604. The number of nitrogens with zero attached hydrogens (tertiary/aromatic N) is 2. The number of methoxy groups -OCH3 is 1. The third-order valence-corrected chi connectivity index (χ3v) is 2.36. The molecule has 6 heteroatoms. The Kier molecular flexibility index (Phi) is 3.09. The van der Waals surface area contributed by atoms with Gasteiger partial charge in [-0.1, -0.05) is 6.07 Å². The fourth-order valence-electron chi connectivity index (χ4n) is 1.47. The highest BCUT2D eigenvalue weighted by Crippen LogP contribution is 2.11. The van der Waals surface area contributed by atoms with Gasteiger partial charge < -0.3 is 9.84 Å². The van der Waals surface area contributed by atoms with Gasteiger partial charge in [0.2, 0.25) is 0 Å². The van der Waals surface area contributed by atoms with E-state index in [2.05, 4.69) is 9.84 Å². The lowest BCUT2D eigenvalue weighted by Crippen LogP contribution is -2.03. The van der Waals surface area contributed by atoms with Crippen molar-refractivity contribution in [2.75, 3.05) is 7.11 Å². The molecular weight excluding hydrogens is 236 g/mol. The van der Waals surface area contributed by atoms with E-state index in [1.54, 1.807) is 24.3 Å². The van der Waals surface area contributed by atoms with Gasteiger partial charge in [0.05, 0.1) is 30.1 Å². The predicted octanol–water partition coefficient (Wildman–Crippen LogP) is 1.36. The number of esters is 1. The molecule has 1 heterocycles. The average Bonchev–Trinajstić information content (AvgIpc) is 2.88. The fourth-order valence-corrected chi connectivity index (χ4v) is 1.47. The molecule has 0 aliphatic carbocycles. The lowest BCUT2D eigenvalue weighted by atomic mass is 10.2. The van der Waals surface area contributed by atoms with Crippen molar-refractivity contribution < 1.29 is 19.4 Å². The topological polar surface area (TPSA) is 81.4 Å². The van der Waals surface area contributed by atoms with E-state index in [4.69, 9.17) is 5.11 Å². The minimum Gasteiger partial charge on any atom is -0.478 e. The smallest absolute Gasteiger partial charge is 0.338 e. The largest absolute Gasteiger partial charge is 0.478 e. The summed E-state index contributed by atoms with van der Waals surface area (Å²) in [5, 5.41) is 12.7. The van der Waals surface area contributed by atoms with E-state index < -0.39 is 11.9 Å². The second-order valence-electron chi connectivity index (χ2n) is 3.52. The Morgan fingerprint density at radius 2 is 2.11 bits per heavy atom. The summed E-state index contributed by atoms with van der Waals surface area (Å²) in [5.41, 5.74) is 1.05. The van der Waals surface area contributed by atoms with E-state index in [-0.39, 0.29) is 5.56 Å². The van der Waals surface area contributed by atoms with Crippen LogP contribution >= 0.6 is 0 Å². The molecule has 0 aliphatic heterocycles. The molecule has 2 aromatic rings. The number of aromatic nitrogens is 2. The third-order valence-electron chi connectivity index (χ3n) is 2.36. The lowest BCUT2D eigenvalue weighted by molar-refractivity contribution is 0.0599. The molecule has 0 aliphatic rings. The molecular formula is C12H10N2O4. The number of rotatable bonds is 3. The van der Waals surface area contributed by atoms with Gasteiger partial charge in [0.25, 0.3) is 0 Å². The van der Waals surface area contributed by atoms with Gasteiger partial charge in [-0.3, -0.25) is 0 Å². The summed E-state index contributed by atoms with van der Waals surface area (Å²) >= 11 is 0. The van der Waals surface area contributed by atoms with Gasteiger partial charge in [-0.25, -0.2) is 14.3 Å². The van der Waals surface area contributed by atoms with Crippen LogP contribution in [0.15, 0.2) is 36.7 Å². The zero-order valence-corrected chi connectivity index (χ0v) is 9.53. The molecule has 0 unspecified atom stereocenters. The number of carbonyl (C=O) groups excluding carboxylic acids is 1. The van der Waals surface area contributed by atoms with Crippen LogP contribution < -0.4 is 0 Å². The van der Waals surface area contributed by atoms with Crippen LogP contribution in [0.3, 0.4) is 0 Å². The summed E-state index contributed by atoms with van der Waals surface area (Å²) in [7, 11) is 1.30. The van der Waals surface area contributed by atoms with Crippen LogP contribution in [-0.4, -0.2) is 33.9 Å². The zero-order chi connectivity index (χ0) is 13.1. The number of carboxylic acid groups (broad SMARTS) is 1. The highest BCUT2D eigenvalue weighted by Gasteiger charge is 2.09. The molecule has 0 bridgehead atoms. The van der Waals surface area contributed by atoms with E-state index in [0.717, 1.165) is 0 Å². The Morgan fingerprint density at radius 3 is 2.72 bits per heavy atom. The highest BCUT2D eigenvalue weighted by molar-refractivity contribution is 5.90. The minimum atomic E-state index is -1.05. The summed E-state index contributed by atoms with van der Waals surface area (Å²) in [6.45, 7) is 0. The summed E-state index contributed by atoms with van der Waals surface area (Å²) in [5.74, 6) is -1.51. The van der Waals surface area contributed by atoms with Crippen LogP contribution in [0.2, 0.25) is 0 Å². The van der Waals surface area contributed by atoms with Gasteiger partial charge in [-0.2, -0.15) is 5.10 Å². The normalized spacial score (nSPS) is 10.1. The van der Waals surface area contributed by atoms with Gasteiger partial charge in [0, 0.05) is 6.20 Å². The van der Waals surface area contributed by atoms with Gasteiger partial charge >= 0.3 is 11.9 Å². The van der Waals surface area contributed by atoms with Crippen LogP contribution in [0.1, 0.15) is 20.7 Å². The third kappa shape index (κ3) is 2.22. The number of carboxylic acids is 1. The Labute approximate surface area is 102 Å². The molecule has 0 fully saturated rings. The molecule has 6 nitrogen and oxygen atoms in total. The van der Waals surface area contributed by atoms with Gasteiger partial charge in [-0.15, -0.1) is 0 Å². The SMILES string of the molecule is COC(=O)c1cccc(-n2cc(C(=O)O)cn2)c1. The number of carbonyl (C=O) groups is 2. The molecule has 0 amide bonds. The van der Waals surface area contributed by atoms with Crippen LogP contribution in [0.5, 0.6) is 0 Å². The number of hydrogen-bond acceptors (Lipinski definition) is 4. The van der Waals surface area contributed by atoms with Crippen molar-refractivity contribution in [3.8, 4) is 5.69 Å². The molecule has 1 aromatic carbocycles. The van der Waals surface area contributed by atoms with E-state index in [9.17, 15) is 9.59 Å². The highest BCUT2D eigenvalue weighted by atomic mass is 16.5. The van der Waals surface area contributed by atoms with Crippen molar-refractivity contribution in [3.63, 3.8) is 0 Å². The summed E-state index contributed by atoms with van der Waals surface area (Å²) < 4.78 is 5.99. The quantitative estimate of drug-likeness (QED) is 0.827. The summed E-state index contributed by atoms with van der Waals surface area (Å²) in [6, 6.07) is 6.57. The first-order chi connectivity index (χ1) is 8.61. The number of ether oxygens (including phenoxy) is 1. The predicted molar refractivity (Wildman–Crippen MR) is 61.9 cm³/mol. The van der Waals surface area contributed by atoms with E-state index >= 15 is 0 Å². The average molecular weight is 246 g/mol. The molecule has 92 valence electrons.